The van der Waals surface area contributed by atoms with E-state index >= 15 is 0 Å². The fourth-order valence-corrected chi connectivity index (χ4v) is 2.70. The number of aromatic nitrogens is 3. The molecule has 1 aliphatic carbocycles. The number of pyridine rings is 1. The van der Waals surface area contributed by atoms with Gasteiger partial charge in [-0.1, -0.05) is 23.4 Å². The second-order valence-electron chi connectivity index (χ2n) is 5.53. The van der Waals surface area contributed by atoms with Crippen molar-refractivity contribution in [1.29, 1.82) is 0 Å². The molecule has 0 amide bonds. The quantitative estimate of drug-likeness (QED) is 0.748. The molecule has 4 rings (SSSR count). The first-order valence-corrected chi connectivity index (χ1v) is 6.91. The van der Waals surface area contributed by atoms with Gasteiger partial charge in [0.25, 0.3) is 5.89 Å². The lowest BCUT2D eigenvalue weighted by molar-refractivity contribution is 0.229. The second-order valence-corrected chi connectivity index (χ2v) is 5.53. The summed E-state index contributed by atoms with van der Waals surface area (Å²) in [5.41, 5.74) is 6.91. The van der Waals surface area contributed by atoms with Crippen LogP contribution in [0, 0.1) is 0 Å². The summed E-state index contributed by atoms with van der Waals surface area (Å²) >= 11 is 0. The van der Waals surface area contributed by atoms with Crippen LogP contribution in [0.15, 0.2) is 39.6 Å². The number of nitrogens with two attached hydrogens (primary N) is 1. The van der Waals surface area contributed by atoms with Gasteiger partial charge in [-0.25, -0.2) is 0 Å². The zero-order chi connectivity index (χ0) is 14.4. The van der Waals surface area contributed by atoms with Crippen LogP contribution in [-0.2, 0) is 5.54 Å². The first kappa shape index (κ1) is 12.3. The highest BCUT2D eigenvalue weighted by atomic mass is 16.5. The summed E-state index contributed by atoms with van der Waals surface area (Å²) in [6, 6.07) is 8.99. The maximum absolute atomic E-state index is 11.8. The van der Waals surface area contributed by atoms with E-state index in [1.54, 1.807) is 0 Å². The zero-order valence-corrected chi connectivity index (χ0v) is 11.3. The number of nitrogens with one attached hydrogen (secondary N) is 1. The summed E-state index contributed by atoms with van der Waals surface area (Å²) in [4.78, 5) is 19.0. The van der Waals surface area contributed by atoms with E-state index < -0.39 is 5.54 Å². The van der Waals surface area contributed by atoms with Crippen LogP contribution in [0.5, 0.6) is 0 Å². The predicted octanol–water partition coefficient (Wildman–Crippen LogP) is 1.92. The lowest BCUT2D eigenvalue weighted by Gasteiger charge is -2.34. The van der Waals surface area contributed by atoms with Gasteiger partial charge < -0.3 is 15.2 Å². The molecule has 0 saturated heterocycles. The summed E-state index contributed by atoms with van der Waals surface area (Å²) < 4.78 is 5.34. The Bertz CT molecular complexity index is 877. The molecule has 0 radical (unpaired) electrons. The number of benzene rings is 1. The molecule has 1 aliphatic rings. The summed E-state index contributed by atoms with van der Waals surface area (Å²) in [6.07, 6.45) is 2.80. The fraction of sp³-hybridized carbons (Fsp3) is 0.267. The number of nitrogens with zero attached hydrogens (tertiary/aromatic N) is 2. The van der Waals surface area contributed by atoms with Crippen molar-refractivity contribution >= 4 is 10.9 Å². The minimum absolute atomic E-state index is 0.199. The van der Waals surface area contributed by atoms with Crippen molar-refractivity contribution in [2.45, 2.75) is 24.8 Å². The van der Waals surface area contributed by atoms with Crippen LogP contribution in [-0.4, -0.2) is 15.1 Å². The Kier molecular flexibility index (Phi) is 2.49. The van der Waals surface area contributed by atoms with Crippen molar-refractivity contribution in [3.63, 3.8) is 0 Å². The molecule has 2 heterocycles. The number of H-pyrrole nitrogens is 1. The Balaban J connectivity index is 1.89. The third-order valence-electron chi connectivity index (χ3n) is 4.10. The monoisotopic (exact) mass is 282 g/mol. The van der Waals surface area contributed by atoms with Crippen molar-refractivity contribution < 1.29 is 4.52 Å². The molecule has 6 nitrogen and oxygen atoms in total. The Hall–Kier alpha value is -2.47. The Labute approximate surface area is 120 Å². The molecule has 1 saturated carbocycles. The number of hydrogen-bond donors (Lipinski definition) is 2. The second kappa shape index (κ2) is 4.26. The van der Waals surface area contributed by atoms with Gasteiger partial charge in [-0.2, -0.15) is 4.98 Å². The highest BCUT2D eigenvalue weighted by molar-refractivity contribution is 5.91. The lowest BCUT2D eigenvalue weighted by Crippen LogP contribution is -2.44. The van der Waals surface area contributed by atoms with Crippen molar-refractivity contribution in [3.8, 4) is 11.5 Å². The van der Waals surface area contributed by atoms with Crippen LogP contribution < -0.4 is 11.3 Å². The molecule has 6 heteroatoms. The van der Waals surface area contributed by atoms with E-state index in [-0.39, 0.29) is 5.56 Å². The molecular formula is C15H14N4O2. The van der Waals surface area contributed by atoms with Gasteiger partial charge in [-0.05, 0) is 25.3 Å². The van der Waals surface area contributed by atoms with Crippen molar-refractivity contribution in [3.05, 3.63) is 46.5 Å². The highest BCUT2D eigenvalue weighted by Crippen LogP contribution is 2.38. The number of hydrogen-bond acceptors (Lipinski definition) is 5. The average molecular weight is 282 g/mol. The van der Waals surface area contributed by atoms with Crippen molar-refractivity contribution in [1.82, 2.24) is 15.1 Å². The van der Waals surface area contributed by atoms with Crippen LogP contribution in [0.4, 0.5) is 0 Å². The summed E-state index contributed by atoms with van der Waals surface area (Å²) in [5.74, 6) is 0.858. The normalized spacial score (nSPS) is 16.8. The fourth-order valence-electron chi connectivity index (χ4n) is 2.70. The number of fused-ring (bicyclic) bond motifs is 1. The van der Waals surface area contributed by atoms with Gasteiger partial charge in [0.1, 0.15) is 0 Å². The smallest absolute Gasteiger partial charge is 0.258 e. The third-order valence-corrected chi connectivity index (χ3v) is 4.10. The van der Waals surface area contributed by atoms with E-state index in [1.807, 2.05) is 24.3 Å². The van der Waals surface area contributed by atoms with Gasteiger partial charge >= 0.3 is 0 Å². The van der Waals surface area contributed by atoms with Crippen LogP contribution in [0.3, 0.4) is 0 Å². The maximum Gasteiger partial charge on any atom is 0.258 e. The van der Waals surface area contributed by atoms with Crippen LogP contribution in [0.2, 0.25) is 0 Å². The van der Waals surface area contributed by atoms with Gasteiger partial charge in [0, 0.05) is 17.0 Å². The first-order chi connectivity index (χ1) is 10.2. The van der Waals surface area contributed by atoms with Gasteiger partial charge in [-0.15, -0.1) is 0 Å². The van der Waals surface area contributed by atoms with E-state index in [9.17, 15) is 4.79 Å². The van der Waals surface area contributed by atoms with E-state index in [2.05, 4.69) is 15.1 Å². The van der Waals surface area contributed by atoms with E-state index in [4.69, 9.17) is 10.3 Å². The summed E-state index contributed by atoms with van der Waals surface area (Å²) in [5, 5.41) is 4.87. The molecule has 21 heavy (non-hydrogen) atoms. The molecule has 106 valence electrons. The number of aromatic amines is 1. The highest BCUT2D eigenvalue weighted by Gasteiger charge is 2.39. The molecular weight excluding hydrogens is 268 g/mol. The SMILES string of the molecule is NC1(c2noc(-c3cc(=O)[nH]c4ccccc34)n2)CCC1. The van der Waals surface area contributed by atoms with E-state index in [0.717, 1.165) is 30.2 Å². The van der Waals surface area contributed by atoms with Crippen LogP contribution in [0.1, 0.15) is 25.1 Å². The Morgan fingerprint density at radius 2 is 2.10 bits per heavy atom. The van der Waals surface area contributed by atoms with Crippen molar-refractivity contribution in [2.75, 3.05) is 0 Å². The van der Waals surface area contributed by atoms with Gasteiger partial charge in [0.2, 0.25) is 5.56 Å². The predicted molar refractivity (Wildman–Crippen MR) is 77.6 cm³/mol. The molecule has 3 N–H and O–H groups in total. The average Bonchev–Trinajstić information content (AvgIpc) is 2.93. The minimum atomic E-state index is -0.473. The van der Waals surface area contributed by atoms with Gasteiger partial charge in [0.15, 0.2) is 5.82 Å². The zero-order valence-electron chi connectivity index (χ0n) is 11.3. The molecule has 0 aliphatic heterocycles. The van der Waals surface area contributed by atoms with E-state index in [1.165, 1.54) is 6.07 Å². The molecule has 2 aromatic heterocycles. The number of rotatable bonds is 2. The molecule has 3 aromatic rings. The van der Waals surface area contributed by atoms with Crippen molar-refractivity contribution in [2.24, 2.45) is 5.73 Å². The molecule has 0 atom stereocenters. The standard InChI is InChI=1S/C15H14N4O2/c16-15(6-3-7-15)14-18-13(21-19-14)10-8-12(20)17-11-5-2-1-4-9(10)11/h1-2,4-5,8H,3,6-7,16H2,(H,17,20). The molecule has 0 unspecified atom stereocenters. The third kappa shape index (κ3) is 1.87. The summed E-state index contributed by atoms with van der Waals surface area (Å²) in [6.45, 7) is 0. The lowest BCUT2D eigenvalue weighted by atomic mass is 9.77. The molecule has 0 bridgehead atoms. The van der Waals surface area contributed by atoms with E-state index in [0.29, 0.717) is 17.3 Å². The first-order valence-electron chi connectivity index (χ1n) is 6.91. The molecule has 1 fully saturated rings. The topological polar surface area (TPSA) is 97.8 Å². The Morgan fingerprint density at radius 1 is 1.29 bits per heavy atom. The molecule has 0 spiro atoms. The minimum Gasteiger partial charge on any atom is -0.334 e. The van der Waals surface area contributed by atoms with Gasteiger partial charge in [-0.3, -0.25) is 4.79 Å². The van der Waals surface area contributed by atoms with Crippen LogP contribution in [0.25, 0.3) is 22.4 Å². The van der Waals surface area contributed by atoms with Crippen LogP contribution >= 0.6 is 0 Å². The Morgan fingerprint density at radius 3 is 2.86 bits per heavy atom. The maximum atomic E-state index is 11.8. The number of para-hydroxylation sites is 1. The van der Waals surface area contributed by atoms with Gasteiger partial charge in [0.05, 0.1) is 11.1 Å². The largest absolute Gasteiger partial charge is 0.334 e. The summed E-state index contributed by atoms with van der Waals surface area (Å²) in [7, 11) is 0. The molecule has 1 aromatic carbocycles.